The third-order valence-corrected chi connectivity index (χ3v) is 8.70. The van der Waals surface area contributed by atoms with Gasteiger partial charge in [-0.05, 0) is 97.0 Å². The van der Waals surface area contributed by atoms with E-state index in [-0.39, 0.29) is 0 Å². The zero-order valence-electron chi connectivity index (χ0n) is 24.3. The molecule has 0 N–H and O–H groups in total. The second-order valence-electron chi connectivity index (χ2n) is 11.4. The molecule has 0 fully saturated rings. The van der Waals surface area contributed by atoms with Crippen LogP contribution in [0.2, 0.25) is 0 Å². The van der Waals surface area contributed by atoms with E-state index >= 15 is 0 Å². The molecule has 2 heterocycles. The Labute approximate surface area is 259 Å². The van der Waals surface area contributed by atoms with Gasteiger partial charge < -0.3 is 0 Å². The molecule has 210 valence electrons. The molecule has 9 rings (SSSR count). The van der Waals surface area contributed by atoms with Crippen molar-refractivity contribution < 1.29 is 0 Å². The number of nitrogens with zero attached hydrogens (tertiary/aromatic N) is 4. The first-order valence-corrected chi connectivity index (χ1v) is 15.1. The summed E-state index contributed by atoms with van der Waals surface area (Å²) in [7, 11) is 0. The van der Waals surface area contributed by atoms with Crippen molar-refractivity contribution in [1.29, 1.82) is 0 Å². The van der Waals surface area contributed by atoms with E-state index in [9.17, 15) is 0 Å². The smallest absolute Gasteiger partial charge is 0.114 e. The molecule has 9 aromatic rings. The monoisotopic (exact) mass is 574 g/mol. The van der Waals surface area contributed by atoms with Crippen LogP contribution in [0.15, 0.2) is 158 Å². The molecule has 2 aromatic heterocycles. The molecule has 0 aliphatic carbocycles. The van der Waals surface area contributed by atoms with Crippen molar-refractivity contribution in [3.05, 3.63) is 158 Å². The number of rotatable bonds is 4. The fourth-order valence-electron chi connectivity index (χ4n) is 6.58. The summed E-state index contributed by atoms with van der Waals surface area (Å²) >= 11 is 0. The standard InChI is InChI=1S/C41H26N4/c1-2-10-29-25-30(17-16-27(29)9-1)40-33-11-3-5-13-35(33)41(36-14-6-4-12-34(36)40)31-20-23-38-39(26-31)44-45(43-38)32-21-18-28(19-22-32)37-15-7-8-24-42-37/h1-26H. The Kier molecular flexibility index (Phi) is 5.78. The van der Waals surface area contributed by atoms with E-state index in [4.69, 9.17) is 10.2 Å². The lowest BCUT2D eigenvalue weighted by Crippen LogP contribution is -1.98. The lowest BCUT2D eigenvalue weighted by atomic mass is 9.85. The molecular formula is C41H26N4. The minimum absolute atomic E-state index is 0.855. The Bertz CT molecular complexity index is 2470. The molecule has 45 heavy (non-hydrogen) atoms. The number of hydrogen-bond donors (Lipinski definition) is 0. The molecule has 0 amide bonds. The molecule has 0 radical (unpaired) electrons. The maximum Gasteiger partial charge on any atom is 0.114 e. The van der Waals surface area contributed by atoms with E-state index in [0.717, 1.165) is 33.5 Å². The molecule has 4 heteroatoms. The van der Waals surface area contributed by atoms with E-state index in [1.54, 1.807) is 4.80 Å². The van der Waals surface area contributed by atoms with Crippen LogP contribution in [0.3, 0.4) is 0 Å². The van der Waals surface area contributed by atoms with Gasteiger partial charge in [0.15, 0.2) is 0 Å². The van der Waals surface area contributed by atoms with Crippen LogP contribution >= 0.6 is 0 Å². The van der Waals surface area contributed by atoms with Gasteiger partial charge in [0.1, 0.15) is 11.0 Å². The molecule has 0 bridgehead atoms. The number of hydrogen-bond acceptors (Lipinski definition) is 3. The van der Waals surface area contributed by atoms with Crippen LogP contribution < -0.4 is 0 Å². The molecule has 7 aromatic carbocycles. The van der Waals surface area contributed by atoms with Crippen LogP contribution in [0, 0.1) is 0 Å². The van der Waals surface area contributed by atoms with Crippen LogP contribution in [-0.4, -0.2) is 20.0 Å². The van der Waals surface area contributed by atoms with Crippen LogP contribution in [0.25, 0.3) is 82.5 Å². The molecule has 0 aliphatic heterocycles. The molecule has 0 saturated carbocycles. The largest absolute Gasteiger partial charge is 0.256 e. The summed E-state index contributed by atoms with van der Waals surface area (Å²) in [6, 6.07) is 53.4. The fraction of sp³-hybridized carbons (Fsp3) is 0. The van der Waals surface area contributed by atoms with Gasteiger partial charge in [0.2, 0.25) is 0 Å². The Morgan fingerprint density at radius 3 is 1.62 bits per heavy atom. The number of fused-ring (bicyclic) bond motifs is 4. The average Bonchev–Trinajstić information content (AvgIpc) is 3.54. The molecule has 0 atom stereocenters. The minimum Gasteiger partial charge on any atom is -0.256 e. The highest BCUT2D eigenvalue weighted by Crippen LogP contribution is 2.44. The fourth-order valence-corrected chi connectivity index (χ4v) is 6.58. The number of pyridine rings is 1. The Morgan fingerprint density at radius 1 is 0.400 bits per heavy atom. The van der Waals surface area contributed by atoms with E-state index in [2.05, 4.69) is 126 Å². The zero-order chi connectivity index (χ0) is 29.7. The first kappa shape index (κ1) is 25.4. The zero-order valence-corrected chi connectivity index (χ0v) is 24.3. The van der Waals surface area contributed by atoms with Crippen molar-refractivity contribution in [2.75, 3.05) is 0 Å². The summed E-state index contributed by atoms with van der Waals surface area (Å²) in [4.78, 5) is 6.18. The van der Waals surface area contributed by atoms with Crippen molar-refractivity contribution in [3.63, 3.8) is 0 Å². The van der Waals surface area contributed by atoms with Crippen molar-refractivity contribution in [3.8, 4) is 39.2 Å². The van der Waals surface area contributed by atoms with Crippen molar-refractivity contribution in [2.45, 2.75) is 0 Å². The van der Waals surface area contributed by atoms with Crippen LogP contribution in [0.1, 0.15) is 0 Å². The molecular weight excluding hydrogens is 548 g/mol. The van der Waals surface area contributed by atoms with Gasteiger partial charge in [0, 0.05) is 11.8 Å². The minimum atomic E-state index is 0.855. The van der Waals surface area contributed by atoms with Gasteiger partial charge in [-0.2, -0.15) is 4.80 Å². The van der Waals surface area contributed by atoms with E-state index in [1.165, 1.54) is 49.0 Å². The molecule has 0 unspecified atom stereocenters. The Hall–Kier alpha value is -6.13. The third kappa shape index (κ3) is 4.27. The molecule has 0 aliphatic rings. The predicted octanol–water partition coefficient (Wildman–Crippen LogP) is 10.3. The summed E-state index contributed by atoms with van der Waals surface area (Å²) in [6.45, 7) is 0. The lowest BCUT2D eigenvalue weighted by molar-refractivity contribution is 0.766. The highest BCUT2D eigenvalue weighted by molar-refractivity contribution is 6.22. The lowest BCUT2D eigenvalue weighted by Gasteiger charge is -2.18. The second kappa shape index (κ2) is 10.2. The number of aromatic nitrogens is 4. The highest BCUT2D eigenvalue weighted by atomic mass is 15.5. The highest BCUT2D eigenvalue weighted by Gasteiger charge is 2.17. The Morgan fingerprint density at radius 2 is 0.956 bits per heavy atom. The van der Waals surface area contributed by atoms with Crippen molar-refractivity contribution in [1.82, 2.24) is 20.0 Å². The molecule has 0 spiro atoms. The molecule has 4 nitrogen and oxygen atoms in total. The second-order valence-corrected chi connectivity index (χ2v) is 11.4. The maximum atomic E-state index is 4.92. The maximum absolute atomic E-state index is 4.92. The first-order valence-electron chi connectivity index (χ1n) is 15.1. The normalized spacial score (nSPS) is 11.6. The van der Waals surface area contributed by atoms with Gasteiger partial charge in [-0.25, -0.2) is 0 Å². The summed E-state index contributed by atoms with van der Waals surface area (Å²) < 4.78 is 0. The van der Waals surface area contributed by atoms with Crippen LogP contribution in [-0.2, 0) is 0 Å². The van der Waals surface area contributed by atoms with Gasteiger partial charge in [0.05, 0.1) is 11.4 Å². The predicted molar refractivity (Wildman–Crippen MR) is 185 cm³/mol. The van der Waals surface area contributed by atoms with Gasteiger partial charge in [-0.3, -0.25) is 4.98 Å². The van der Waals surface area contributed by atoms with E-state index in [0.29, 0.717) is 0 Å². The van der Waals surface area contributed by atoms with Crippen LogP contribution in [0.5, 0.6) is 0 Å². The van der Waals surface area contributed by atoms with Crippen molar-refractivity contribution >= 4 is 43.4 Å². The third-order valence-electron chi connectivity index (χ3n) is 8.70. The van der Waals surface area contributed by atoms with Crippen molar-refractivity contribution in [2.24, 2.45) is 0 Å². The number of benzene rings is 7. The average molecular weight is 575 g/mol. The first-order chi connectivity index (χ1) is 22.3. The van der Waals surface area contributed by atoms with Gasteiger partial charge >= 0.3 is 0 Å². The van der Waals surface area contributed by atoms with E-state index < -0.39 is 0 Å². The van der Waals surface area contributed by atoms with E-state index in [1.807, 2.05) is 36.5 Å². The summed E-state index contributed by atoms with van der Waals surface area (Å²) in [6.07, 6.45) is 1.81. The van der Waals surface area contributed by atoms with Crippen LogP contribution in [0.4, 0.5) is 0 Å². The quantitative estimate of drug-likeness (QED) is 0.196. The molecule has 0 saturated heterocycles. The SMILES string of the molecule is c1ccc(-c2ccc(-n3nc4ccc(-c5c6ccccc6c(-c6ccc7ccccc7c6)c6ccccc56)cc4n3)cc2)nc1. The summed E-state index contributed by atoms with van der Waals surface area (Å²) in [5.74, 6) is 0. The summed E-state index contributed by atoms with van der Waals surface area (Å²) in [5, 5.41) is 17.1. The topological polar surface area (TPSA) is 43.6 Å². The van der Waals surface area contributed by atoms with Gasteiger partial charge in [0.25, 0.3) is 0 Å². The van der Waals surface area contributed by atoms with Gasteiger partial charge in [-0.1, -0.05) is 109 Å². The Balaban J connectivity index is 1.20. The van der Waals surface area contributed by atoms with Gasteiger partial charge in [-0.15, -0.1) is 10.2 Å². The summed E-state index contributed by atoms with van der Waals surface area (Å²) in [5.41, 5.74) is 9.43.